The van der Waals surface area contributed by atoms with Gasteiger partial charge in [0.1, 0.15) is 0 Å². The maximum absolute atomic E-state index is 2.28. The Labute approximate surface area is 84.4 Å². The van der Waals surface area contributed by atoms with Crippen molar-refractivity contribution < 1.29 is 0 Å². The summed E-state index contributed by atoms with van der Waals surface area (Å²) in [5, 5.41) is 0. The molecule has 0 aromatic carbocycles. The second-order valence-electron chi connectivity index (χ2n) is 3.82. The van der Waals surface area contributed by atoms with Crippen LogP contribution in [0.2, 0.25) is 0 Å². The van der Waals surface area contributed by atoms with Crippen molar-refractivity contribution in [1.82, 2.24) is 0 Å². The van der Waals surface area contributed by atoms with Crippen molar-refractivity contribution in [3.8, 4) is 0 Å². The Balaban J connectivity index is 3.15. The van der Waals surface area contributed by atoms with Crippen LogP contribution in [0.15, 0.2) is 11.6 Å². The smallest absolute Gasteiger partial charge is 0.0321 e. The van der Waals surface area contributed by atoms with Crippen LogP contribution in [-0.4, -0.2) is 0 Å². The van der Waals surface area contributed by atoms with Gasteiger partial charge in [-0.2, -0.15) is 0 Å². The molecule has 78 valence electrons. The Bertz CT molecular complexity index is 122. The van der Waals surface area contributed by atoms with Crippen LogP contribution in [-0.2, 0) is 0 Å². The Morgan fingerprint density at radius 1 is 0.923 bits per heavy atom. The second kappa shape index (κ2) is 9.83. The molecule has 0 amide bonds. The Morgan fingerprint density at radius 3 is 2.08 bits per heavy atom. The Morgan fingerprint density at radius 2 is 1.54 bits per heavy atom. The van der Waals surface area contributed by atoms with Crippen molar-refractivity contribution >= 4 is 0 Å². The first kappa shape index (κ1) is 12.7. The van der Waals surface area contributed by atoms with Gasteiger partial charge in [-0.15, -0.1) is 0 Å². The average molecular weight is 182 g/mol. The van der Waals surface area contributed by atoms with Gasteiger partial charge in [0.15, 0.2) is 0 Å². The van der Waals surface area contributed by atoms with E-state index in [1.807, 2.05) is 0 Å². The summed E-state index contributed by atoms with van der Waals surface area (Å²) in [5.41, 5.74) is 1.63. The van der Waals surface area contributed by atoms with Gasteiger partial charge in [0.2, 0.25) is 0 Å². The molecule has 0 aromatic heterocycles. The van der Waals surface area contributed by atoms with Crippen LogP contribution >= 0.6 is 0 Å². The minimum absolute atomic E-state index is 1.24. The van der Waals surface area contributed by atoms with E-state index < -0.39 is 0 Å². The van der Waals surface area contributed by atoms with Crippen LogP contribution in [0.25, 0.3) is 0 Å². The molecule has 0 heterocycles. The standard InChI is InChI=1S/C13H26/c1-4-7-8-9-10-11-12-13(5-2)6-3/h5H,4,6-12H2,1-3H3. The van der Waals surface area contributed by atoms with E-state index in [-0.39, 0.29) is 0 Å². The Kier molecular flexibility index (Phi) is 9.63. The molecule has 0 nitrogen and oxygen atoms in total. The van der Waals surface area contributed by atoms with Gasteiger partial charge in [0, 0.05) is 0 Å². The van der Waals surface area contributed by atoms with E-state index in [4.69, 9.17) is 0 Å². The molecule has 0 aliphatic heterocycles. The lowest BCUT2D eigenvalue weighted by Gasteiger charge is -2.03. The van der Waals surface area contributed by atoms with Gasteiger partial charge >= 0.3 is 0 Å². The molecule has 0 unspecified atom stereocenters. The molecule has 0 aromatic rings. The predicted octanol–water partition coefficient (Wildman–Crippen LogP) is 5.09. The highest BCUT2D eigenvalue weighted by atomic mass is 14.0. The van der Waals surface area contributed by atoms with Crippen LogP contribution in [0.5, 0.6) is 0 Å². The molecule has 0 heteroatoms. The third-order valence-electron chi connectivity index (χ3n) is 2.71. The van der Waals surface area contributed by atoms with E-state index in [2.05, 4.69) is 26.8 Å². The highest BCUT2D eigenvalue weighted by Crippen LogP contribution is 2.13. The van der Waals surface area contributed by atoms with Gasteiger partial charge in [0.25, 0.3) is 0 Å². The van der Waals surface area contributed by atoms with Crippen LogP contribution < -0.4 is 0 Å². The predicted molar refractivity (Wildman–Crippen MR) is 62.0 cm³/mol. The summed E-state index contributed by atoms with van der Waals surface area (Å²) in [6.07, 6.45) is 13.3. The summed E-state index contributed by atoms with van der Waals surface area (Å²) in [7, 11) is 0. The zero-order chi connectivity index (χ0) is 9.94. The van der Waals surface area contributed by atoms with Crippen LogP contribution in [0.3, 0.4) is 0 Å². The lowest BCUT2D eigenvalue weighted by atomic mass is 10.0. The van der Waals surface area contributed by atoms with Gasteiger partial charge in [-0.25, -0.2) is 0 Å². The number of rotatable bonds is 8. The third-order valence-corrected chi connectivity index (χ3v) is 2.71. The van der Waals surface area contributed by atoms with Crippen LogP contribution in [0.4, 0.5) is 0 Å². The number of hydrogen-bond donors (Lipinski definition) is 0. The van der Waals surface area contributed by atoms with Crippen molar-refractivity contribution in [3.63, 3.8) is 0 Å². The molecule has 0 bridgehead atoms. The lowest BCUT2D eigenvalue weighted by molar-refractivity contribution is 0.603. The molecular weight excluding hydrogens is 156 g/mol. The van der Waals surface area contributed by atoms with Gasteiger partial charge in [0.05, 0.1) is 0 Å². The second-order valence-corrected chi connectivity index (χ2v) is 3.82. The fraction of sp³-hybridized carbons (Fsp3) is 0.846. The zero-order valence-electron chi connectivity index (χ0n) is 9.73. The third kappa shape index (κ3) is 8.08. The van der Waals surface area contributed by atoms with Crippen molar-refractivity contribution in [3.05, 3.63) is 11.6 Å². The molecule has 0 aliphatic carbocycles. The quantitative estimate of drug-likeness (QED) is 0.362. The molecule has 0 spiro atoms. The van der Waals surface area contributed by atoms with E-state index in [0.29, 0.717) is 0 Å². The molecule has 0 rings (SSSR count). The molecule has 0 radical (unpaired) electrons. The van der Waals surface area contributed by atoms with E-state index in [1.54, 1.807) is 5.57 Å². The number of hydrogen-bond acceptors (Lipinski definition) is 0. The van der Waals surface area contributed by atoms with E-state index >= 15 is 0 Å². The molecule has 0 aliphatic rings. The molecule has 0 saturated heterocycles. The zero-order valence-corrected chi connectivity index (χ0v) is 9.73. The largest absolute Gasteiger partial charge is 0.0885 e. The molecule has 0 atom stereocenters. The molecular formula is C13H26. The first-order valence-electron chi connectivity index (χ1n) is 5.99. The maximum Gasteiger partial charge on any atom is -0.0321 e. The van der Waals surface area contributed by atoms with Crippen molar-refractivity contribution in [1.29, 1.82) is 0 Å². The first-order chi connectivity index (χ1) is 6.35. The monoisotopic (exact) mass is 182 g/mol. The topological polar surface area (TPSA) is 0 Å². The van der Waals surface area contributed by atoms with Gasteiger partial charge in [-0.05, 0) is 26.2 Å². The fourth-order valence-corrected chi connectivity index (χ4v) is 1.66. The fourth-order valence-electron chi connectivity index (χ4n) is 1.66. The highest BCUT2D eigenvalue weighted by molar-refractivity contribution is 4.98. The molecule has 0 N–H and O–H groups in total. The average Bonchev–Trinajstić information content (AvgIpc) is 2.17. The van der Waals surface area contributed by atoms with Crippen LogP contribution in [0, 0.1) is 0 Å². The molecule has 0 saturated carbocycles. The summed E-state index contributed by atoms with van der Waals surface area (Å²) in [5.74, 6) is 0. The SMILES string of the molecule is CC=C(CC)CCCCCCCC. The normalized spacial score (nSPS) is 12.1. The maximum atomic E-state index is 2.28. The first-order valence-corrected chi connectivity index (χ1v) is 5.99. The van der Waals surface area contributed by atoms with Crippen molar-refractivity contribution in [2.24, 2.45) is 0 Å². The number of unbranched alkanes of at least 4 members (excludes halogenated alkanes) is 5. The molecule has 13 heavy (non-hydrogen) atoms. The van der Waals surface area contributed by atoms with Gasteiger partial charge in [-0.1, -0.05) is 57.6 Å². The lowest BCUT2D eigenvalue weighted by Crippen LogP contribution is -1.83. The van der Waals surface area contributed by atoms with E-state index in [9.17, 15) is 0 Å². The molecule has 0 fully saturated rings. The summed E-state index contributed by atoms with van der Waals surface area (Å²) < 4.78 is 0. The summed E-state index contributed by atoms with van der Waals surface area (Å²) in [6.45, 7) is 6.69. The minimum Gasteiger partial charge on any atom is -0.0885 e. The van der Waals surface area contributed by atoms with E-state index in [1.165, 1.54) is 51.4 Å². The highest BCUT2D eigenvalue weighted by Gasteiger charge is 1.93. The summed E-state index contributed by atoms with van der Waals surface area (Å²) in [6, 6.07) is 0. The van der Waals surface area contributed by atoms with Gasteiger partial charge in [-0.3, -0.25) is 0 Å². The minimum atomic E-state index is 1.24. The summed E-state index contributed by atoms with van der Waals surface area (Å²) in [4.78, 5) is 0. The van der Waals surface area contributed by atoms with Gasteiger partial charge < -0.3 is 0 Å². The number of allylic oxidation sites excluding steroid dienone is 2. The van der Waals surface area contributed by atoms with Crippen molar-refractivity contribution in [2.45, 2.75) is 72.1 Å². The Hall–Kier alpha value is -0.260. The van der Waals surface area contributed by atoms with E-state index in [0.717, 1.165) is 0 Å². The summed E-state index contributed by atoms with van der Waals surface area (Å²) >= 11 is 0. The van der Waals surface area contributed by atoms with Crippen molar-refractivity contribution in [2.75, 3.05) is 0 Å². The van der Waals surface area contributed by atoms with Crippen LogP contribution in [0.1, 0.15) is 72.1 Å².